The lowest BCUT2D eigenvalue weighted by Crippen LogP contribution is -2.18. The van der Waals surface area contributed by atoms with E-state index in [1.807, 2.05) is 12.1 Å². The van der Waals surface area contributed by atoms with E-state index in [4.69, 9.17) is 0 Å². The Bertz CT molecular complexity index is 593. The Morgan fingerprint density at radius 3 is 2.19 bits per heavy atom. The lowest BCUT2D eigenvalue weighted by atomic mass is 9.99. The van der Waals surface area contributed by atoms with Crippen molar-refractivity contribution in [2.45, 2.75) is 39.3 Å². The van der Waals surface area contributed by atoms with Crippen molar-refractivity contribution in [3.63, 3.8) is 0 Å². The number of benzene rings is 2. The van der Waals surface area contributed by atoms with Crippen molar-refractivity contribution < 1.29 is 4.39 Å². The predicted molar refractivity (Wildman–Crippen MR) is 89.9 cm³/mol. The minimum atomic E-state index is -0.226. The number of hydrogen-bond donors (Lipinski definition) is 1. The van der Waals surface area contributed by atoms with Gasteiger partial charge in [0.2, 0.25) is 0 Å². The van der Waals surface area contributed by atoms with Crippen molar-refractivity contribution in [3.8, 4) is 0 Å². The fourth-order valence-corrected chi connectivity index (χ4v) is 2.63. The highest BCUT2D eigenvalue weighted by molar-refractivity contribution is 9.10. The summed E-state index contributed by atoms with van der Waals surface area (Å²) in [5.41, 5.74) is 3.68. The fourth-order valence-electron chi connectivity index (χ4n) is 2.21. The monoisotopic (exact) mass is 349 g/mol. The average molecular weight is 350 g/mol. The summed E-state index contributed by atoms with van der Waals surface area (Å²) in [6, 6.07) is 14.1. The topological polar surface area (TPSA) is 12.0 Å². The summed E-state index contributed by atoms with van der Waals surface area (Å²) in [4.78, 5) is 0. The molecule has 0 radical (unpaired) electrons. The molecule has 0 amide bonds. The minimum Gasteiger partial charge on any atom is -0.306 e. The van der Waals surface area contributed by atoms with Crippen LogP contribution >= 0.6 is 15.9 Å². The van der Waals surface area contributed by atoms with Gasteiger partial charge in [-0.1, -0.05) is 44.2 Å². The first-order valence-corrected chi connectivity index (χ1v) is 8.04. The van der Waals surface area contributed by atoms with E-state index in [9.17, 15) is 4.39 Å². The Morgan fingerprint density at radius 1 is 1.00 bits per heavy atom. The maximum absolute atomic E-state index is 13.2. The standard InChI is InChI=1S/C18H21BrFN/c1-12(2)15-5-7-16(8-6-15)13(3)21-11-14-4-9-18(20)17(19)10-14/h4-10,12-13,21H,11H2,1-3H3. The van der Waals surface area contributed by atoms with E-state index in [0.717, 1.165) is 5.56 Å². The molecule has 2 rings (SSSR count). The molecule has 0 heterocycles. The molecular weight excluding hydrogens is 329 g/mol. The van der Waals surface area contributed by atoms with Crippen LogP contribution in [0.1, 0.15) is 49.4 Å². The van der Waals surface area contributed by atoms with Crippen molar-refractivity contribution in [2.75, 3.05) is 0 Å². The molecule has 0 bridgehead atoms. The van der Waals surface area contributed by atoms with Gasteiger partial charge in [-0.15, -0.1) is 0 Å². The van der Waals surface area contributed by atoms with Crippen LogP contribution in [0.2, 0.25) is 0 Å². The van der Waals surface area contributed by atoms with Gasteiger partial charge in [0.15, 0.2) is 0 Å². The van der Waals surface area contributed by atoms with E-state index in [-0.39, 0.29) is 11.9 Å². The van der Waals surface area contributed by atoms with Crippen LogP contribution in [-0.2, 0) is 6.54 Å². The normalized spacial score (nSPS) is 12.7. The maximum Gasteiger partial charge on any atom is 0.137 e. The zero-order chi connectivity index (χ0) is 15.4. The van der Waals surface area contributed by atoms with Gasteiger partial charge in [-0.2, -0.15) is 0 Å². The molecule has 2 aromatic rings. The van der Waals surface area contributed by atoms with E-state index in [1.54, 1.807) is 0 Å². The Labute approximate surface area is 134 Å². The highest BCUT2D eigenvalue weighted by Gasteiger charge is 2.07. The van der Waals surface area contributed by atoms with Crippen LogP contribution in [0.15, 0.2) is 46.9 Å². The highest BCUT2D eigenvalue weighted by Crippen LogP contribution is 2.20. The summed E-state index contributed by atoms with van der Waals surface area (Å²) in [6.07, 6.45) is 0. The smallest absolute Gasteiger partial charge is 0.137 e. The predicted octanol–water partition coefficient (Wildman–Crippen LogP) is 5.56. The summed E-state index contributed by atoms with van der Waals surface area (Å²) in [5.74, 6) is 0.329. The molecule has 21 heavy (non-hydrogen) atoms. The molecule has 0 saturated carbocycles. The Hall–Kier alpha value is -1.19. The second kappa shape index (κ2) is 7.19. The summed E-state index contributed by atoms with van der Waals surface area (Å²) < 4.78 is 13.7. The lowest BCUT2D eigenvalue weighted by Gasteiger charge is -2.16. The van der Waals surface area contributed by atoms with E-state index in [2.05, 4.69) is 66.3 Å². The van der Waals surface area contributed by atoms with Gasteiger partial charge in [0, 0.05) is 12.6 Å². The first kappa shape index (κ1) is 16.2. The molecule has 1 atom stereocenters. The largest absolute Gasteiger partial charge is 0.306 e. The third-order valence-electron chi connectivity index (χ3n) is 3.70. The van der Waals surface area contributed by atoms with E-state index >= 15 is 0 Å². The molecule has 0 saturated heterocycles. The average Bonchev–Trinajstić information content (AvgIpc) is 2.48. The molecule has 1 N–H and O–H groups in total. The van der Waals surface area contributed by atoms with Gasteiger partial charge in [-0.3, -0.25) is 0 Å². The first-order valence-electron chi connectivity index (χ1n) is 7.24. The Balaban J connectivity index is 1.97. The molecule has 0 fully saturated rings. The van der Waals surface area contributed by atoms with Crippen molar-refractivity contribution in [1.29, 1.82) is 0 Å². The van der Waals surface area contributed by atoms with Gasteiger partial charge in [0.25, 0.3) is 0 Å². The van der Waals surface area contributed by atoms with Gasteiger partial charge in [0.1, 0.15) is 5.82 Å². The maximum atomic E-state index is 13.2. The summed E-state index contributed by atoms with van der Waals surface area (Å²) in [7, 11) is 0. The number of halogens is 2. The van der Waals surface area contributed by atoms with E-state index in [1.165, 1.54) is 17.2 Å². The number of hydrogen-bond acceptors (Lipinski definition) is 1. The molecule has 3 heteroatoms. The molecule has 0 aliphatic rings. The van der Waals surface area contributed by atoms with Gasteiger partial charge in [0.05, 0.1) is 4.47 Å². The van der Waals surface area contributed by atoms with Crippen LogP contribution in [-0.4, -0.2) is 0 Å². The van der Waals surface area contributed by atoms with Crippen molar-refractivity contribution in [3.05, 3.63) is 69.4 Å². The van der Waals surface area contributed by atoms with Crippen LogP contribution in [0, 0.1) is 5.82 Å². The van der Waals surface area contributed by atoms with Crippen LogP contribution in [0.4, 0.5) is 4.39 Å². The van der Waals surface area contributed by atoms with Crippen LogP contribution in [0.5, 0.6) is 0 Å². The molecule has 0 aliphatic heterocycles. The molecule has 1 nitrogen and oxygen atoms in total. The summed E-state index contributed by atoms with van der Waals surface area (Å²) in [6.45, 7) is 7.25. The SMILES string of the molecule is CC(C)c1ccc(C(C)NCc2ccc(F)c(Br)c2)cc1. The van der Waals surface area contributed by atoms with Crippen LogP contribution < -0.4 is 5.32 Å². The van der Waals surface area contributed by atoms with Crippen molar-refractivity contribution in [2.24, 2.45) is 0 Å². The molecule has 2 aromatic carbocycles. The van der Waals surface area contributed by atoms with E-state index in [0.29, 0.717) is 16.9 Å². The van der Waals surface area contributed by atoms with Gasteiger partial charge < -0.3 is 5.32 Å². The van der Waals surface area contributed by atoms with Crippen LogP contribution in [0.25, 0.3) is 0 Å². The Morgan fingerprint density at radius 2 is 1.62 bits per heavy atom. The first-order chi connectivity index (χ1) is 9.97. The molecule has 0 aliphatic carbocycles. The van der Waals surface area contributed by atoms with Crippen molar-refractivity contribution >= 4 is 15.9 Å². The highest BCUT2D eigenvalue weighted by atomic mass is 79.9. The quantitative estimate of drug-likeness (QED) is 0.744. The zero-order valence-electron chi connectivity index (χ0n) is 12.7. The zero-order valence-corrected chi connectivity index (χ0v) is 14.2. The molecule has 0 aromatic heterocycles. The van der Waals surface area contributed by atoms with Gasteiger partial charge in [-0.25, -0.2) is 4.39 Å². The fraction of sp³-hybridized carbons (Fsp3) is 0.333. The molecule has 0 spiro atoms. The second-order valence-corrected chi connectivity index (χ2v) is 6.53. The Kier molecular flexibility index (Phi) is 5.54. The second-order valence-electron chi connectivity index (χ2n) is 5.67. The van der Waals surface area contributed by atoms with Gasteiger partial charge in [-0.05, 0) is 57.6 Å². The number of rotatable bonds is 5. The lowest BCUT2D eigenvalue weighted by molar-refractivity contribution is 0.572. The summed E-state index contributed by atoms with van der Waals surface area (Å²) in [5, 5.41) is 3.47. The minimum absolute atomic E-state index is 0.226. The summed E-state index contributed by atoms with van der Waals surface area (Å²) >= 11 is 3.22. The third kappa shape index (κ3) is 4.39. The van der Waals surface area contributed by atoms with Gasteiger partial charge >= 0.3 is 0 Å². The molecule has 1 unspecified atom stereocenters. The number of nitrogens with one attached hydrogen (secondary N) is 1. The molecule has 112 valence electrons. The molecular formula is C18H21BrFN. The third-order valence-corrected chi connectivity index (χ3v) is 4.31. The van der Waals surface area contributed by atoms with Crippen LogP contribution in [0.3, 0.4) is 0 Å². The van der Waals surface area contributed by atoms with E-state index < -0.39 is 0 Å². The van der Waals surface area contributed by atoms with Crippen molar-refractivity contribution in [1.82, 2.24) is 5.32 Å².